The number of carbonyl (C=O) groups is 2. The number of aliphatic hydroxyl groups is 1. The van der Waals surface area contributed by atoms with Crippen molar-refractivity contribution >= 4 is 17.5 Å². The molecule has 0 spiro atoms. The van der Waals surface area contributed by atoms with Gasteiger partial charge < -0.3 is 15.7 Å². The highest BCUT2D eigenvalue weighted by Crippen LogP contribution is 2.22. The van der Waals surface area contributed by atoms with E-state index < -0.39 is 17.8 Å². The number of carbonyl (C=O) groups excluding carboxylic acids is 2. The summed E-state index contributed by atoms with van der Waals surface area (Å²) in [6, 6.07) is 12.8. The molecule has 0 radical (unpaired) electrons. The zero-order valence-electron chi connectivity index (χ0n) is 14.0. The first-order chi connectivity index (χ1) is 11.9. The second kappa shape index (κ2) is 8.39. The molecule has 0 aromatic heterocycles. The lowest BCUT2D eigenvalue weighted by Crippen LogP contribution is -2.35. The standard InChI is InChI=1S/C19H21FN2O3/c1-13-4-2-7-16(10-13)22(9-8-18(21)24)19(25)12-17(23)14-5-3-6-15(20)11-14/h2-7,10-11,17,23H,8-9,12H2,1H3,(H2,21,24). The van der Waals surface area contributed by atoms with Gasteiger partial charge in [-0.25, -0.2) is 4.39 Å². The normalized spacial score (nSPS) is 11.8. The van der Waals surface area contributed by atoms with E-state index in [1.54, 1.807) is 18.2 Å². The predicted molar refractivity (Wildman–Crippen MR) is 93.3 cm³/mol. The summed E-state index contributed by atoms with van der Waals surface area (Å²) in [6.07, 6.45) is -1.35. The van der Waals surface area contributed by atoms with Crippen LogP contribution in [-0.4, -0.2) is 23.5 Å². The number of benzene rings is 2. The monoisotopic (exact) mass is 344 g/mol. The fourth-order valence-corrected chi connectivity index (χ4v) is 2.52. The number of hydrogen-bond donors (Lipinski definition) is 2. The van der Waals surface area contributed by atoms with Crippen molar-refractivity contribution in [2.24, 2.45) is 5.73 Å². The van der Waals surface area contributed by atoms with Crippen molar-refractivity contribution in [1.29, 1.82) is 0 Å². The highest BCUT2D eigenvalue weighted by molar-refractivity contribution is 5.94. The zero-order valence-corrected chi connectivity index (χ0v) is 14.0. The molecule has 6 heteroatoms. The summed E-state index contributed by atoms with van der Waals surface area (Å²) in [5.41, 5.74) is 7.10. The first-order valence-electron chi connectivity index (χ1n) is 7.95. The SMILES string of the molecule is Cc1cccc(N(CCC(N)=O)C(=O)CC(O)c2cccc(F)c2)c1. The molecule has 0 saturated heterocycles. The van der Waals surface area contributed by atoms with Crippen molar-refractivity contribution in [3.8, 4) is 0 Å². The van der Waals surface area contributed by atoms with E-state index >= 15 is 0 Å². The predicted octanol–water partition coefficient (Wildman–Crippen LogP) is 2.47. The Morgan fingerprint density at radius 1 is 1.20 bits per heavy atom. The average Bonchev–Trinajstić information content (AvgIpc) is 2.54. The van der Waals surface area contributed by atoms with E-state index in [1.165, 1.54) is 23.1 Å². The lowest BCUT2D eigenvalue weighted by atomic mass is 10.1. The molecule has 1 unspecified atom stereocenters. The molecule has 2 aromatic carbocycles. The van der Waals surface area contributed by atoms with E-state index in [0.29, 0.717) is 11.3 Å². The van der Waals surface area contributed by atoms with Crippen molar-refractivity contribution in [2.45, 2.75) is 25.9 Å². The minimum absolute atomic E-state index is 0.00966. The van der Waals surface area contributed by atoms with Gasteiger partial charge in [-0.05, 0) is 42.3 Å². The molecule has 25 heavy (non-hydrogen) atoms. The van der Waals surface area contributed by atoms with Crippen molar-refractivity contribution in [3.63, 3.8) is 0 Å². The Labute approximate surface area is 145 Å². The highest BCUT2D eigenvalue weighted by atomic mass is 19.1. The first kappa shape index (κ1) is 18.6. The van der Waals surface area contributed by atoms with Gasteiger partial charge in [0.25, 0.3) is 0 Å². The molecular weight excluding hydrogens is 323 g/mol. The zero-order chi connectivity index (χ0) is 18.4. The molecule has 2 rings (SSSR count). The van der Waals surface area contributed by atoms with Crippen LogP contribution in [0.15, 0.2) is 48.5 Å². The van der Waals surface area contributed by atoms with Gasteiger partial charge in [0, 0.05) is 18.7 Å². The number of anilines is 1. The molecule has 2 amide bonds. The Balaban J connectivity index is 2.18. The Bertz CT molecular complexity index is 764. The maximum absolute atomic E-state index is 13.3. The van der Waals surface area contributed by atoms with Gasteiger partial charge in [0.15, 0.2) is 0 Å². The van der Waals surface area contributed by atoms with Crippen LogP contribution >= 0.6 is 0 Å². The molecule has 0 saturated carbocycles. The summed E-state index contributed by atoms with van der Waals surface area (Å²) >= 11 is 0. The van der Waals surface area contributed by atoms with Gasteiger partial charge in [-0.2, -0.15) is 0 Å². The van der Waals surface area contributed by atoms with Gasteiger partial charge in [0.2, 0.25) is 11.8 Å². The van der Waals surface area contributed by atoms with Crippen LogP contribution in [0.2, 0.25) is 0 Å². The van der Waals surface area contributed by atoms with Crippen LogP contribution in [-0.2, 0) is 9.59 Å². The molecule has 0 aliphatic carbocycles. The van der Waals surface area contributed by atoms with Crippen molar-refractivity contribution in [3.05, 3.63) is 65.5 Å². The molecule has 3 N–H and O–H groups in total. The quantitative estimate of drug-likeness (QED) is 0.809. The van der Waals surface area contributed by atoms with Gasteiger partial charge in [-0.15, -0.1) is 0 Å². The number of hydrogen-bond acceptors (Lipinski definition) is 3. The molecule has 132 valence electrons. The second-order valence-corrected chi connectivity index (χ2v) is 5.88. The summed E-state index contributed by atoms with van der Waals surface area (Å²) in [5.74, 6) is -1.37. The first-order valence-corrected chi connectivity index (χ1v) is 7.95. The van der Waals surface area contributed by atoms with Gasteiger partial charge >= 0.3 is 0 Å². The third-order valence-electron chi connectivity index (χ3n) is 3.80. The molecule has 0 fully saturated rings. The number of rotatable bonds is 7. The van der Waals surface area contributed by atoms with Gasteiger partial charge in [0.05, 0.1) is 12.5 Å². The van der Waals surface area contributed by atoms with E-state index in [0.717, 1.165) is 5.56 Å². The van der Waals surface area contributed by atoms with Crippen molar-refractivity contribution in [2.75, 3.05) is 11.4 Å². The minimum atomic E-state index is -1.14. The summed E-state index contributed by atoms with van der Waals surface area (Å²) in [6.45, 7) is 2.01. The van der Waals surface area contributed by atoms with Crippen LogP contribution in [0.25, 0.3) is 0 Å². The minimum Gasteiger partial charge on any atom is -0.388 e. The van der Waals surface area contributed by atoms with Crippen molar-refractivity contribution < 1.29 is 19.1 Å². The van der Waals surface area contributed by atoms with Crippen LogP contribution in [0, 0.1) is 12.7 Å². The smallest absolute Gasteiger partial charge is 0.229 e. The molecule has 0 aliphatic heterocycles. The number of amides is 2. The largest absolute Gasteiger partial charge is 0.388 e. The summed E-state index contributed by atoms with van der Waals surface area (Å²) in [4.78, 5) is 25.2. The van der Waals surface area contributed by atoms with Crippen LogP contribution in [0.4, 0.5) is 10.1 Å². The summed E-state index contributed by atoms with van der Waals surface area (Å²) in [5, 5.41) is 10.2. The molecule has 2 aromatic rings. The Kier molecular flexibility index (Phi) is 6.25. The highest BCUT2D eigenvalue weighted by Gasteiger charge is 2.21. The van der Waals surface area contributed by atoms with Gasteiger partial charge in [-0.3, -0.25) is 9.59 Å². The number of primary amides is 1. The van der Waals surface area contributed by atoms with Crippen LogP contribution in [0.1, 0.15) is 30.1 Å². The molecule has 1 atom stereocenters. The number of nitrogens with two attached hydrogens (primary N) is 1. The molecule has 0 aliphatic rings. The fourth-order valence-electron chi connectivity index (χ4n) is 2.52. The number of aryl methyl sites for hydroxylation is 1. The fraction of sp³-hybridized carbons (Fsp3) is 0.263. The van der Waals surface area contributed by atoms with E-state index in [4.69, 9.17) is 5.73 Å². The Morgan fingerprint density at radius 2 is 1.92 bits per heavy atom. The van der Waals surface area contributed by atoms with Crippen LogP contribution in [0.5, 0.6) is 0 Å². The number of aliphatic hydroxyl groups excluding tert-OH is 1. The maximum Gasteiger partial charge on any atom is 0.229 e. The van der Waals surface area contributed by atoms with E-state index in [2.05, 4.69) is 0 Å². The van der Waals surface area contributed by atoms with Gasteiger partial charge in [-0.1, -0.05) is 24.3 Å². The Morgan fingerprint density at radius 3 is 2.56 bits per heavy atom. The maximum atomic E-state index is 13.3. The molecular formula is C19H21FN2O3. The van der Waals surface area contributed by atoms with E-state index in [1.807, 2.05) is 19.1 Å². The third kappa shape index (κ3) is 5.39. The van der Waals surface area contributed by atoms with Gasteiger partial charge in [0.1, 0.15) is 5.82 Å². The third-order valence-corrected chi connectivity index (χ3v) is 3.80. The molecule has 0 bridgehead atoms. The lowest BCUT2D eigenvalue weighted by molar-refractivity contribution is -0.120. The number of nitrogens with zero attached hydrogens (tertiary/aromatic N) is 1. The van der Waals surface area contributed by atoms with E-state index in [9.17, 15) is 19.1 Å². The lowest BCUT2D eigenvalue weighted by Gasteiger charge is -2.24. The molecule has 0 heterocycles. The average molecular weight is 344 g/mol. The summed E-state index contributed by atoms with van der Waals surface area (Å²) < 4.78 is 13.3. The second-order valence-electron chi connectivity index (χ2n) is 5.88. The molecule has 5 nitrogen and oxygen atoms in total. The number of halogens is 1. The summed E-state index contributed by atoms with van der Waals surface area (Å²) in [7, 11) is 0. The topological polar surface area (TPSA) is 83.6 Å². The van der Waals surface area contributed by atoms with Crippen LogP contribution in [0.3, 0.4) is 0 Å². The van der Waals surface area contributed by atoms with Crippen molar-refractivity contribution in [1.82, 2.24) is 0 Å². The Hall–Kier alpha value is -2.73. The van der Waals surface area contributed by atoms with E-state index in [-0.39, 0.29) is 25.3 Å². The van der Waals surface area contributed by atoms with Crippen LogP contribution < -0.4 is 10.6 Å².